The number of phosphoric acid groups is 1. The highest BCUT2D eigenvalue weighted by atomic mass is 32.2. The second kappa shape index (κ2) is 31.4. The molecule has 8 rings (SSSR count). The quantitative estimate of drug-likeness (QED) is 0.0277. The largest absolute Gasteiger partial charge is 0.472 e. The van der Waals surface area contributed by atoms with Crippen molar-refractivity contribution in [1.82, 2.24) is 25.5 Å². The molecule has 1 aromatic carbocycles. The van der Waals surface area contributed by atoms with Crippen molar-refractivity contribution < 1.29 is 76.5 Å². The Hall–Kier alpha value is -7.22. The molecule has 7 amide bonds. The first kappa shape index (κ1) is 79.5. The van der Waals surface area contributed by atoms with E-state index < -0.39 is 149 Å². The number of nitrogens with two attached hydrogens (primary N) is 6. The number of allylic oxidation sites excluding steroid dienone is 6. The summed E-state index contributed by atoms with van der Waals surface area (Å²) < 4.78 is 37.2. The number of amides is 7. The number of esters is 1. The minimum atomic E-state index is -5.09. The molecule has 6 aliphatic heterocycles. The third kappa shape index (κ3) is 16.6. The Morgan fingerprint density at radius 3 is 2.08 bits per heavy atom. The van der Waals surface area contributed by atoms with E-state index in [4.69, 9.17) is 67.9 Å². The summed E-state index contributed by atoms with van der Waals surface area (Å²) in [7, 11) is -3.83. The lowest BCUT2D eigenvalue weighted by molar-refractivity contribution is -0.141. The van der Waals surface area contributed by atoms with Gasteiger partial charge in [-0.3, -0.25) is 62.4 Å². The highest BCUT2D eigenvalue weighted by Gasteiger charge is 2.66. The lowest BCUT2D eigenvalue weighted by Crippen LogP contribution is -2.56. The van der Waals surface area contributed by atoms with Gasteiger partial charge in [-0.1, -0.05) is 34.6 Å². The molecule has 556 valence electrons. The van der Waals surface area contributed by atoms with Gasteiger partial charge in [0.05, 0.1) is 48.8 Å². The van der Waals surface area contributed by atoms with Crippen LogP contribution in [0, 0.1) is 59.2 Å². The summed E-state index contributed by atoms with van der Waals surface area (Å²) in [5.41, 5.74) is 37.5. The van der Waals surface area contributed by atoms with Gasteiger partial charge in [-0.05, 0) is 120 Å². The van der Waals surface area contributed by atoms with E-state index in [1.165, 1.54) is 32.1 Å². The molecule has 0 saturated carbocycles. The molecule has 7 heterocycles. The number of rotatable bonds is 33. The number of aliphatic imine (C=N–C) groups is 3. The molecule has 6 aliphatic rings. The molecule has 16 atom stereocenters. The highest BCUT2D eigenvalue weighted by molar-refractivity contribution is 7.99. The molecule has 1 aromatic heterocycles. The van der Waals surface area contributed by atoms with E-state index in [0.29, 0.717) is 74.3 Å². The Balaban J connectivity index is 1.19. The number of nitrogens with zero attached hydrogens (tertiary/aromatic N) is 5. The maximum atomic E-state index is 14.5. The van der Waals surface area contributed by atoms with Crippen molar-refractivity contribution in [3.63, 3.8) is 0 Å². The lowest BCUT2D eigenvalue weighted by Gasteiger charge is -2.48. The van der Waals surface area contributed by atoms with Crippen LogP contribution in [0.4, 0.5) is 0 Å². The van der Waals surface area contributed by atoms with Gasteiger partial charge in [0.2, 0.25) is 41.4 Å². The van der Waals surface area contributed by atoms with Crippen molar-refractivity contribution in [2.75, 3.05) is 38.3 Å². The molecule has 32 heteroatoms. The smallest absolute Gasteiger partial charge is 0.468 e. The second-order valence-corrected chi connectivity index (χ2v) is 32.0. The van der Waals surface area contributed by atoms with Crippen LogP contribution in [0.25, 0.3) is 11.0 Å². The van der Waals surface area contributed by atoms with Crippen molar-refractivity contribution >= 4 is 95.1 Å². The van der Waals surface area contributed by atoms with Gasteiger partial charge in [0.25, 0.3) is 0 Å². The van der Waals surface area contributed by atoms with Crippen LogP contribution in [0.5, 0.6) is 0 Å². The average Bonchev–Trinajstić information content (AvgIpc) is 1.53. The number of aliphatic hydroxyl groups is 2. The number of nitrogens with one attached hydrogen (secondary N) is 3. The number of methoxy groups -OCH3 is 1. The molecule has 2 fully saturated rings. The van der Waals surface area contributed by atoms with Crippen molar-refractivity contribution in [2.45, 2.75) is 201 Å². The van der Waals surface area contributed by atoms with Gasteiger partial charge in [-0.25, -0.2) is 9.55 Å². The van der Waals surface area contributed by atoms with Crippen molar-refractivity contribution in [3.8, 4) is 0 Å². The van der Waals surface area contributed by atoms with E-state index in [1.807, 2.05) is 87.4 Å². The molecular weight excluding hydrogens is 1340 g/mol. The molecule has 30 nitrogen and oxygen atoms in total. The summed E-state index contributed by atoms with van der Waals surface area (Å²) in [6.45, 7) is 19.6. The Morgan fingerprint density at radius 2 is 1.46 bits per heavy atom. The first-order valence-electron chi connectivity index (χ1n) is 34.3. The molecule has 18 N–H and O–H groups in total. The number of ether oxygens (including phenoxy) is 2. The number of thioether (sulfide) groups is 1. The first-order chi connectivity index (χ1) is 47.2. The van der Waals surface area contributed by atoms with Crippen LogP contribution in [0.2, 0.25) is 0 Å². The zero-order chi connectivity index (χ0) is 74.8. The van der Waals surface area contributed by atoms with Gasteiger partial charge in [0.15, 0.2) is 6.23 Å². The maximum Gasteiger partial charge on any atom is 0.472 e. The topological polar surface area (TPSA) is 498 Å². The fourth-order valence-electron chi connectivity index (χ4n) is 16.4. The Bertz CT molecular complexity index is 3850. The standard InChI is InChI=1S/C69H103N14O16PS/c1-34-24-45-46(25-35(34)2)83(33-78-45)63-58(92)59(47(31-84)97-63)99-100(94,95)98-36(3)30-77-55(91)20-21-66(8)42(26-51(73)87)62-69(11)68(10,29-53(75)89)41(16-19-54(90)76-22-13-23-101-32-43(70)64(93)96-12)57(82-69)38(5)61-67(9,28-52(74)88)39(14-17-49(71)85)44(79-61)27-48-65(6,7)40(15-18-50(72)86)56(80-48)37(4)60(66)81-62/h24-25,27,33,36,39-43,47,58-59,62-63,79,84,92H,13-23,26,28-32,70H2,1-12H3,(H2,71,85)(H2,72,86)(H2,73,87)(H2,74,88)(H2,75,89)(H,76,90)(H,77,91)(H,94,95)/b44-27-,56-37-,61-38-/t36-,39-,40-,41-,42+,43+,47+,58-,59-,62-,63+,66-,67+,68+,69-/m1/s1. The van der Waals surface area contributed by atoms with Crippen molar-refractivity contribution in [1.29, 1.82) is 0 Å². The Kier molecular flexibility index (Phi) is 24.7. The minimum Gasteiger partial charge on any atom is -0.468 e. The molecule has 2 saturated heterocycles. The van der Waals surface area contributed by atoms with E-state index in [9.17, 15) is 58.0 Å². The van der Waals surface area contributed by atoms with Crippen LogP contribution in [-0.2, 0) is 61.4 Å². The number of carbonyl (C=O) groups is 8. The molecule has 0 spiro atoms. The number of carbonyl (C=O) groups excluding carboxylic acids is 8. The van der Waals surface area contributed by atoms with Crippen molar-refractivity contribution in [3.05, 3.63) is 63.9 Å². The molecule has 0 radical (unpaired) electrons. The van der Waals surface area contributed by atoms with Gasteiger partial charge in [-0.2, -0.15) is 11.8 Å². The number of aryl methyl sites for hydroxylation is 2. The Morgan fingerprint density at radius 1 is 0.822 bits per heavy atom. The van der Waals surface area contributed by atoms with Gasteiger partial charge >= 0.3 is 13.8 Å². The summed E-state index contributed by atoms with van der Waals surface area (Å²) in [5.74, 6) is -6.70. The van der Waals surface area contributed by atoms with Crippen LogP contribution >= 0.6 is 19.6 Å². The fourth-order valence-corrected chi connectivity index (χ4v) is 18.4. The molecule has 101 heavy (non-hydrogen) atoms. The minimum absolute atomic E-state index is 0.0302. The number of aromatic nitrogens is 2. The van der Waals surface area contributed by atoms with Crippen molar-refractivity contribution in [2.24, 2.45) is 94.7 Å². The van der Waals surface area contributed by atoms with Gasteiger partial charge < -0.3 is 79.5 Å². The molecule has 8 bridgehead atoms. The number of hydrogen-bond acceptors (Lipinski definition) is 22. The number of benzene rings is 1. The summed E-state index contributed by atoms with van der Waals surface area (Å²) in [4.78, 5) is 140. The van der Waals surface area contributed by atoms with Crippen LogP contribution in [0.15, 0.2) is 67.8 Å². The number of fused-ring (bicyclic) bond motifs is 7. The van der Waals surface area contributed by atoms with Gasteiger partial charge in [0.1, 0.15) is 24.4 Å². The van der Waals surface area contributed by atoms with Crippen LogP contribution in [-0.4, -0.2) is 169 Å². The zero-order valence-corrected chi connectivity index (χ0v) is 61.6. The number of aliphatic hydroxyl groups excluding tert-OH is 2. The van der Waals surface area contributed by atoms with Gasteiger partial charge in [-0.15, -0.1) is 0 Å². The molecule has 1 unspecified atom stereocenters. The molecule has 0 aliphatic carbocycles. The van der Waals surface area contributed by atoms with Crippen LogP contribution in [0.1, 0.15) is 157 Å². The zero-order valence-electron chi connectivity index (χ0n) is 59.9. The number of phosphoric ester groups is 1. The number of hydrogen-bond donors (Lipinski definition) is 12. The normalized spacial score (nSPS) is 32.0. The lowest BCUT2D eigenvalue weighted by atomic mass is 9.55. The monoisotopic (exact) mass is 1450 g/mol. The second-order valence-electron chi connectivity index (χ2n) is 29.5. The number of primary amides is 5. The maximum absolute atomic E-state index is 14.5. The predicted octanol–water partition coefficient (Wildman–Crippen LogP) is 3.42. The summed E-state index contributed by atoms with van der Waals surface area (Å²) >= 11 is 1.43. The van der Waals surface area contributed by atoms with E-state index in [-0.39, 0.29) is 89.6 Å². The van der Waals surface area contributed by atoms with E-state index in [2.05, 4.69) is 20.9 Å². The highest BCUT2D eigenvalue weighted by Crippen LogP contribution is 2.63. The van der Waals surface area contributed by atoms with E-state index in [0.717, 1.165) is 11.1 Å². The fraction of sp³-hybridized carbons (Fsp3) is 0.652. The summed E-state index contributed by atoms with van der Waals surface area (Å²) in [5, 5.41) is 31.4. The molecular formula is C69H103N14O16PS. The average molecular weight is 1450 g/mol. The predicted molar refractivity (Wildman–Crippen MR) is 379 cm³/mol. The summed E-state index contributed by atoms with van der Waals surface area (Å²) in [6.07, 6.45) is -3.87. The first-order valence-corrected chi connectivity index (χ1v) is 37.0. The third-order valence-corrected chi connectivity index (χ3v) is 24.5. The van der Waals surface area contributed by atoms with E-state index >= 15 is 0 Å². The third-order valence-electron chi connectivity index (χ3n) is 22.2. The molecule has 2 aromatic rings. The SMILES string of the molecule is COC(=O)[C@@H](N)CSCCCNC(=O)CC[C@@H]1C2=N[C@](C)([C@@H]3N=C(/C(C)=C4N=C(/C=C5\N/C(=C\2C)[C@@](C)(CC(N)=O)[C@@H]5CCC(N)=O)C(C)(C)[C@@H]\4CCC(N)=O)[C@](C)(CCC(=O)NC[C@@H](C)OP(=O)(O)O[C@H]2[C@@H](O)[C@@H](n4cnc5cc(C)c(C)cc54)O[C@H]2CO)[C@H]3CC(N)=O)[C@@]1(C)CC(N)=O. The Labute approximate surface area is 592 Å². The van der Waals surface area contributed by atoms with Crippen LogP contribution < -0.4 is 50.4 Å². The summed E-state index contributed by atoms with van der Waals surface area (Å²) in [6, 6.07) is 1.85. The number of imidazole rings is 1. The van der Waals surface area contributed by atoms with Crippen LogP contribution in [0.3, 0.4) is 0 Å². The van der Waals surface area contributed by atoms with Gasteiger partial charge in [0, 0.05) is 143 Å². The van der Waals surface area contributed by atoms with E-state index in [1.54, 1.807) is 4.57 Å².